The van der Waals surface area contributed by atoms with E-state index in [4.69, 9.17) is 15.4 Å². The van der Waals surface area contributed by atoms with E-state index in [1.54, 1.807) is 13.0 Å². The molecule has 1 unspecified atom stereocenters. The Morgan fingerprint density at radius 2 is 2.26 bits per heavy atom. The highest BCUT2D eigenvalue weighted by atomic mass is 35.7. The number of amides is 1. The highest BCUT2D eigenvalue weighted by molar-refractivity contribution is 8.13. The number of nitrogens with one attached hydrogen (secondary N) is 1. The molecule has 0 aromatic heterocycles. The van der Waals surface area contributed by atoms with E-state index in [0.29, 0.717) is 30.8 Å². The third-order valence-corrected chi connectivity index (χ3v) is 4.31. The Morgan fingerprint density at radius 3 is 2.89 bits per heavy atom. The Bertz CT molecular complexity index is 600. The van der Waals surface area contributed by atoms with E-state index in [0.717, 1.165) is 0 Å². The van der Waals surface area contributed by atoms with E-state index in [1.807, 2.05) is 0 Å². The van der Waals surface area contributed by atoms with Crippen molar-refractivity contribution in [3.05, 3.63) is 23.8 Å². The number of fused-ring (bicyclic) bond motifs is 1. The van der Waals surface area contributed by atoms with E-state index in [9.17, 15) is 13.2 Å². The Morgan fingerprint density at radius 1 is 1.53 bits per heavy atom. The van der Waals surface area contributed by atoms with Crippen LogP contribution in [0.15, 0.2) is 23.1 Å². The van der Waals surface area contributed by atoms with Gasteiger partial charge in [-0.2, -0.15) is 0 Å². The van der Waals surface area contributed by atoms with Gasteiger partial charge in [0.25, 0.3) is 9.05 Å². The maximum absolute atomic E-state index is 11.5. The summed E-state index contributed by atoms with van der Waals surface area (Å²) in [6.07, 6.45) is 0.977. The Balaban J connectivity index is 2.38. The number of rotatable bonds is 3. The molecule has 1 atom stereocenters. The van der Waals surface area contributed by atoms with Gasteiger partial charge >= 0.3 is 0 Å². The molecule has 1 aliphatic rings. The third kappa shape index (κ3) is 3.19. The molecule has 1 heterocycles. The third-order valence-electron chi connectivity index (χ3n) is 2.96. The fourth-order valence-electron chi connectivity index (χ4n) is 1.97. The minimum Gasteiger partial charge on any atom is -0.493 e. The average Bonchev–Trinajstić information content (AvgIpc) is 2.37. The molecule has 19 heavy (non-hydrogen) atoms. The summed E-state index contributed by atoms with van der Waals surface area (Å²) in [4.78, 5) is 11.5. The topological polar surface area (TPSA) is 72.5 Å². The predicted octanol–water partition coefficient (Wildman–Crippen LogP) is 1.96. The van der Waals surface area contributed by atoms with Crippen molar-refractivity contribution in [1.29, 1.82) is 0 Å². The van der Waals surface area contributed by atoms with Crippen LogP contribution in [0.2, 0.25) is 0 Å². The summed E-state index contributed by atoms with van der Waals surface area (Å²) in [5, 5.41) is 2.85. The highest BCUT2D eigenvalue weighted by Crippen LogP contribution is 2.34. The minimum atomic E-state index is -3.79. The predicted molar refractivity (Wildman–Crippen MR) is 70.8 cm³/mol. The lowest BCUT2D eigenvalue weighted by Crippen LogP contribution is -2.31. The summed E-state index contributed by atoms with van der Waals surface area (Å²) in [7, 11) is 1.54. The molecule has 1 amide bonds. The molecule has 0 aliphatic carbocycles. The molecule has 104 valence electrons. The zero-order valence-electron chi connectivity index (χ0n) is 10.3. The lowest BCUT2D eigenvalue weighted by Gasteiger charge is -2.27. The van der Waals surface area contributed by atoms with Crippen molar-refractivity contribution in [2.24, 2.45) is 0 Å². The minimum absolute atomic E-state index is 0.00849. The first kappa shape index (κ1) is 14.1. The maximum atomic E-state index is 11.5. The molecule has 0 saturated carbocycles. The molecule has 1 N–H and O–H groups in total. The van der Waals surface area contributed by atoms with Gasteiger partial charge in [0, 0.05) is 29.1 Å². The SMILES string of the molecule is CCC(=O)NC1CCOc2ccc(S(=O)(=O)Cl)cc21. The van der Waals surface area contributed by atoms with Gasteiger partial charge in [-0.3, -0.25) is 4.79 Å². The molecule has 0 spiro atoms. The van der Waals surface area contributed by atoms with E-state index >= 15 is 0 Å². The summed E-state index contributed by atoms with van der Waals surface area (Å²) in [6, 6.07) is 4.17. The molecular weight excluding hydrogens is 290 g/mol. The van der Waals surface area contributed by atoms with E-state index < -0.39 is 9.05 Å². The maximum Gasteiger partial charge on any atom is 0.261 e. The number of hydrogen-bond donors (Lipinski definition) is 1. The van der Waals surface area contributed by atoms with Gasteiger partial charge < -0.3 is 10.1 Å². The van der Waals surface area contributed by atoms with Crippen molar-refractivity contribution in [3.63, 3.8) is 0 Å². The van der Waals surface area contributed by atoms with Crippen LogP contribution in [-0.4, -0.2) is 20.9 Å². The number of carbonyl (C=O) groups excluding carboxylic acids is 1. The molecule has 0 radical (unpaired) electrons. The number of halogens is 1. The summed E-state index contributed by atoms with van der Waals surface area (Å²) in [5.41, 5.74) is 0.648. The molecule has 1 aromatic carbocycles. The smallest absolute Gasteiger partial charge is 0.261 e. The van der Waals surface area contributed by atoms with Crippen LogP contribution in [0.1, 0.15) is 31.4 Å². The molecule has 1 aromatic rings. The second-order valence-electron chi connectivity index (χ2n) is 4.25. The summed E-state index contributed by atoms with van der Waals surface area (Å²) < 4.78 is 28.1. The van der Waals surface area contributed by atoms with Crippen LogP contribution in [0, 0.1) is 0 Å². The molecule has 0 fully saturated rings. The van der Waals surface area contributed by atoms with E-state index in [2.05, 4.69) is 5.32 Å². The largest absolute Gasteiger partial charge is 0.493 e. The van der Waals surface area contributed by atoms with Crippen molar-refractivity contribution in [2.75, 3.05) is 6.61 Å². The summed E-state index contributed by atoms with van der Waals surface area (Å²) in [5.74, 6) is 0.494. The van der Waals surface area contributed by atoms with Gasteiger partial charge in [-0.1, -0.05) is 6.92 Å². The second-order valence-corrected chi connectivity index (χ2v) is 6.81. The Labute approximate surface area is 116 Å². The molecule has 7 heteroatoms. The Hall–Kier alpha value is -1.27. The van der Waals surface area contributed by atoms with Crippen molar-refractivity contribution >= 4 is 25.6 Å². The monoisotopic (exact) mass is 303 g/mol. The van der Waals surface area contributed by atoms with Crippen LogP contribution < -0.4 is 10.1 Å². The van der Waals surface area contributed by atoms with Gasteiger partial charge in [0.15, 0.2) is 0 Å². The van der Waals surface area contributed by atoms with Crippen molar-refractivity contribution < 1.29 is 17.9 Å². The molecule has 0 saturated heterocycles. The van der Waals surface area contributed by atoms with Gasteiger partial charge in [0.2, 0.25) is 5.91 Å². The number of ether oxygens (including phenoxy) is 1. The van der Waals surface area contributed by atoms with Crippen LogP contribution in [0.5, 0.6) is 5.75 Å². The highest BCUT2D eigenvalue weighted by Gasteiger charge is 2.24. The molecule has 0 bridgehead atoms. The summed E-state index contributed by atoms with van der Waals surface area (Å²) in [6.45, 7) is 2.24. The standard InChI is InChI=1S/C12H14ClNO4S/c1-2-12(15)14-10-5-6-18-11-4-3-8(7-9(10)11)19(13,16)17/h3-4,7,10H,2,5-6H2,1H3,(H,14,15). The van der Waals surface area contributed by atoms with Crippen LogP contribution in [0.25, 0.3) is 0 Å². The van der Waals surface area contributed by atoms with Crippen LogP contribution >= 0.6 is 10.7 Å². The van der Waals surface area contributed by atoms with Crippen molar-refractivity contribution in [1.82, 2.24) is 5.32 Å². The zero-order valence-corrected chi connectivity index (χ0v) is 11.9. The fourth-order valence-corrected chi connectivity index (χ4v) is 2.76. The lowest BCUT2D eigenvalue weighted by atomic mass is 10.0. The normalized spacial score (nSPS) is 18.3. The van der Waals surface area contributed by atoms with Crippen molar-refractivity contribution in [3.8, 4) is 5.75 Å². The second kappa shape index (κ2) is 5.38. The number of hydrogen-bond acceptors (Lipinski definition) is 4. The van der Waals surface area contributed by atoms with Crippen LogP contribution in [0.3, 0.4) is 0 Å². The molecule has 5 nitrogen and oxygen atoms in total. The van der Waals surface area contributed by atoms with E-state index in [1.165, 1.54) is 12.1 Å². The first-order valence-corrected chi connectivity index (χ1v) is 8.23. The molecule has 2 rings (SSSR count). The first-order chi connectivity index (χ1) is 8.91. The van der Waals surface area contributed by atoms with Crippen molar-refractivity contribution in [2.45, 2.75) is 30.7 Å². The van der Waals surface area contributed by atoms with Gasteiger partial charge in [-0.05, 0) is 18.2 Å². The Kier molecular flexibility index (Phi) is 4.01. The number of benzene rings is 1. The zero-order chi connectivity index (χ0) is 14.0. The van der Waals surface area contributed by atoms with Gasteiger partial charge in [0.05, 0.1) is 17.5 Å². The van der Waals surface area contributed by atoms with Gasteiger partial charge in [-0.15, -0.1) is 0 Å². The molecular formula is C12H14ClNO4S. The average molecular weight is 304 g/mol. The van der Waals surface area contributed by atoms with Crippen LogP contribution in [-0.2, 0) is 13.8 Å². The summed E-state index contributed by atoms with van der Waals surface area (Å²) >= 11 is 0. The van der Waals surface area contributed by atoms with E-state index in [-0.39, 0.29) is 16.8 Å². The lowest BCUT2D eigenvalue weighted by molar-refractivity contribution is -0.121. The fraction of sp³-hybridized carbons (Fsp3) is 0.417. The first-order valence-electron chi connectivity index (χ1n) is 5.92. The quantitative estimate of drug-likeness (QED) is 0.866. The number of carbonyl (C=O) groups is 1. The van der Waals surface area contributed by atoms with Crippen LogP contribution in [0.4, 0.5) is 0 Å². The molecule has 1 aliphatic heterocycles. The van der Waals surface area contributed by atoms with Gasteiger partial charge in [-0.25, -0.2) is 8.42 Å². The van der Waals surface area contributed by atoms with Gasteiger partial charge in [0.1, 0.15) is 5.75 Å².